The lowest BCUT2D eigenvalue weighted by atomic mass is 9.93. The molecule has 1 aromatic rings. The van der Waals surface area contributed by atoms with Gasteiger partial charge in [0, 0.05) is 6.08 Å². The molecule has 0 saturated heterocycles. The third-order valence-corrected chi connectivity index (χ3v) is 3.31. The van der Waals surface area contributed by atoms with Crippen LogP contribution < -0.4 is 0 Å². The van der Waals surface area contributed by atoms with Crippen LogP contribution >= 0.6 is 0 Å². The molecular weight excluding hydrogens is 280 g/mol. The monoisotopic (exact) mass is 304 g/mol. The molecule has 120 valence electrons. The van der Waals surface area contributed by atoms with E-state index in [1.54, 1.807) is 13.0 Å². The van der Waals surface area contributed by atoms with Gasteiger partial charge < -0.3 is 9.47 Å². The number of hydrogen-bond donors (Lipinski definition) is 0. The zero-order chi connectivity index (χ0) is 16.5. The van der Waals surface area contributed by atoms with Gasteiger partial charge in [0.05, 0.1) is 13.0 Å². The summed E-state index contributed by atoms with van der Waals surface area (Å²) < 4.78 is 10.1. The van der Waals surface area contributed by atoms with E-state index < -0.39 is 18.0 Å². The average molecular weight is 304 g/mol. The summed E-state index contributed by atoms with van der Waals surface area (Å²) in [5.41, 5.74) is 0.916. The Balaban J connectivity index is 2.64. The molecule has 0 N–H and O–H groups in total. The molecule has 0 saturated carbocycles. The van der Waals surface area contributed by atoms with Crippen molar-refractivity contribution in [2.75, 3.05) is 7.11 Å². The van der Waals surface area contributed by atoms with Gasteiger partial charge in [-0.15, -0.1) is 0 Å². The van der Waals surface area contributed by atoms with Gasteiger partial charge in [0.1, 0.15) is 6.10 Å². The van der Waals surface area contributed by atoms with Crippen LogP contribution in [0, 0.1) is 11.8 Å². The van der Waals surface area contributed by atoms with Gasteiger partial charge in [-0.3, -0.25) is 4.79 Å². The van der Waals surface area contributed by atoms with Crippen LogP contribution in [0.25, 0.3) is 6.08 Å². The van der Waals surface area contributed by atoms with Gasteiger partial charge in [-0.1, -0.05) is 44.2 Å². The van der Waals surface area contributed by atoms with Gasteiger partial charge in [0.25, 0.3) is 0 Å². The number of benzene rings is 1. The smallest absolute Gasteiger partial charge is 0.331 e. The van der Waals surface area contributed by atoms with Crippen molar-refractivity contribution >= 4 is 18.0 Å². The van der Waals surface area contributed by atoms with Crippen molar-refractivity contribution in [1.82, 2.24) is 0 Å². The molecule has 22 heavy (non-hydrogen) atoms. The zero-order valence-corrected chi connectivity index (χ0v) is 13.6. The van der Waals surface area contributed by atoms with Gasteiger partial charge in [-0.05, 0) is 30.9 Å². The summed E-state index contributed by atoms with van der Waals surface area (Å²) in [6, 6.07) is 9.48. The van der Waals surface area contributed by atoms with Crippen LogP contribution in [-0.2, 0) is 19.1 Å². The average Bonchev–Trinajstić information content (AvgIpc) is 2.50. The third kappa shape index (κ3) is 6.12. The molecule has 0 spiro atoms. The Bertz CT molecular complexity index is 505. The molecule has 1 aromatic carbocycles. The van der Waals surface area contributed by atoms with Crippen LogP contribution in [0.15, 0.2) is 36.4 Å². The predicted molar refractivity (Wildman–Crippen MR) is 86.0 cm³/mol. The minimum absolute atomic E-state index is 0.310. The SMILES string of the molecule is COC(=O)C(CC(C)C)C(C)OC(=O)/C=C/c1ccccc1. The summed E-state index contributed by atoms with van der Waals surface area (Å²) in [7, 11) is 1.35. The summed E-state index contributed by atoms with van der Waals surface area (Å²) in [6.45, 7) is 5.75. The van der Waals surface area contributed by atoms with Gasteiger partial charge in [-0.2, -0.15) is 0 Å². The fourth-order valence-electron chi connectivity index (χ4n) is 2.17. The second kappa shape index (κ2) is 9.03. The first-order valence-electron chi connectivity index (χ1n) is 7.45. The lowest BCUT2D eigenvalue weighted by Gasteiger charge is -2.22. The van der Waals surface area contributed by atoms with E-state index in [-0.39, 0.29) is 5.97 Å². The highest BCUT2D eigenvalue weighted by molar-refractivity contribution is 5.87. The van der Waals surface area contributed by atoms with E-state index in [2.05, 4.69) is 0 Å². The summed E-state index contributed by atoms with van der Waals surface area (Å²) in [6.07, 6.45) is 3.15. The number of methoxy groups -OCH3 is 1. The van der Waals surface area contributed by atoms with Gasteiger partial charge in [0.2, 0.25) is 0 Å². The van der Waals surface area contributed by atoms with E-state index in [1.807, 2.05) is 44.2 Å². The lowest BCUT2D eigenvalue weighted by molar-refractivity contribution is -0.157. The molecule has 0 aliphatic rings. The Morgan fingerprint density at radius 1 is 1.14 bits per heavy atom. The molecule has 0 aromatic heterocycles. The highest BCUT2D eigenvalue weighted by atomic mass is 16.6. The quantitative estimate of drug-likeness (QED) is 0.572. The second-order valence-electron chi connectivity index (χ2n) is 5.65. The van der Waals surface area contributed by atoms with E-state index in [4.69, 9.17) is 9.47 Å². The van der Waals surface area contributed by atoms with Gasteiger partial charge in [0.15, 0.2) is 0 Å². The first-order chi connectivity index (χ1) is 10.4. The van der Waals surface area contributed by atoms with Gasteiger partial charge in [-0.25, -0.2) is 4.79 Å². The molecule has 1 rings (SSSR count). The molecule has 0 fully saturated rings. The maximum Gasteiger partial charge on any atom is 0.331 e. The van der Waals surface area contributed by atoms with E-state index in [1.165, 1.54) is 13.2 Å². The van der Waals surface area contributed by atoms with Crippen LogP contribution in [0.3, 0.4) is 0 Å². The Morgan fingerprint density at radius 3 is 2.32 bits per heavy atom. The van der Waals surface area contributed by atoms with E-state index in [0.29, 0.717) is 12.3 Å². The van der Waals surface area contributed by atoms with E-state index in [0.717, 1.165) is 5.56 Å². The normalized spacial score (nSPS) is 13.9. The summed E-state index contributed by atoms with van der Waals surface area (Å²) >= 11 is 0. The molecule has 2 atom stereocenters. The maximum atomic E-state index is 11.9. The molecule has 0 amide bonds. The topological polar surface area (TPSA) is 52.6 Å². The van der Waals surface area contributed by atoms with Crippen molar-refractivity contribution in [3.8, 4) is 0 Å². The van der Waals surface area contributed by atoms with Crippen molar-refractivity contribution in [3.63, 3.8) is 0 Å². The standard InChI is InChI=1S/C18H24O4/c1-13(2)12-16(18(20)21-4)14(3)22-17(19)11-10-15-8-6-5-7-9-15/h5-11,13-14,16H,12H2,1-4H3/b11-10+. The van der Waals surface area contributed by atoms with Crippen molar-refractivity contribution < 1.29 is 19.1 Å². The Kier molecular flexibility index (Phi) is 7.37. The molecule has 0 radical (unpaired) electrons. The Hall–Kier alpha value is -2.10. The fraction of sp³-hybridized carbons (Fsp3) is 0.444. The zero-order valence-electron chi connectivity index (χ0n) is 13.6. The van der Waals surface area contributed by atoms with Crippen molar-refractivity contribution in [3.05, 3.63) is 42.0 Å². The number of hydrogen-bond acceptors (Lipinski definition) is 4. The largest absolute Gasteiger partial charge is 0.469 e. The third-order valence-electron chi connectivity index (χ3n) is 3.31. The van der Waals surface area contributed by atoms with E-state index >= 15 is 0 Å². The highest BCUT2D eigenvalue weighted by Gasteiger charge is 2.29. The van der Waals surface area contributed by atoms with Crippen LogP contribution in [0.4, 0.5) is 0 Å². The summed E-state index contributed by atoms with van der Waals surface area (Å²) in [4.78, 5) is 23.7. The fourth-order valence-corrected chi connectivity index (χ4v) is 2.17. The molecule has 0 aliphatic carbocycles. The Morgan fingerprint density at radius 2 is 1.77 bits per heavy atom. The Labute approximate surface area is 132 Å². The second-order valence-corrected chi connectivity index (χ2v) is 5.65. The minimum Gasteiger partial charge on any atom is -0.469 e. The molecular formula is C18H24O4. The van der Waals surface area contributed by atoms with Crippen LogP contribution in [0.1, 0.15) is 32.8 Å². The number of carbonyl (C=O) groups is 2. The van der Waals surface area contributed by atoms with E-state index in [9.17, 15) is 9.59 Å². The van der Waals surface area contributed by atoms with Crippen molar-refractivity contribution in [2.45, 2.75) is 33.3 Å². The summed E-state index contributed by atoms with van der Waals surface area (Å²) in [5, 5.41) is 0. The van der Waals surface area contributed by atoms with Crippen LogP contribution in [0.5, 0.6) is 0 Å². The van der Waals surface area contributed by atoms with Gasteiger partial charge >= 0.3 is 11.9 Å². The molecule has 4 heteroatoms. The maximum absolute atomic E-state index is 11.9. The first-order valence-corrected chi connectivity index (χ1v) is 7.45. The van der Waals surface area contributed by atoms with Crippen LogP contribution in [-0.4, -0.2) is 25.2 Å². The molecule has 0 bridgehead atoms. The number of carbonyl (C=O) groups excluding carboxylic acids is 2. The highest BCUT2D eigenvalue weighted by Crippen LogP contribution is 2.20. The van der Waals surface area contributed by atoms with Crippen molar-refractivity contribution in [1.29, 1.82) is 0 Å². The molecule has 4 nitrogen and oxygen atoms in total. The molecule has 0 aliphatic heterocycles. The number of ether oxygens (including phenoxy) is 2. The minimum atomic E-state index is -0.525. The van der Waals surface area contributed by atoms with Crippen molar-refractivity contribution in [2.24, 2.45) is 11.8 Å². The number of rotatable bonds is 7. The predicted octanol–water partition coefficient (Wildman–Crippen LogP) is 3.47. The molecule has 2 unspecified atom stereocenters. The number of esters is 2. The van der Waals surface area contributed by atoms with Crippen LogP contribution in [0.2, 0.25) is 0 Å². The summed E-state index contributed by atoms with van der Waals surface area (Å²) in [5.74, 6) is -0.945. The molecule has 0 heterocycles. The lowest BCUT2D eigenvalue weighted by Crippen LogP contribution is -2.32. The first kappa shape index (κ1) is 18.0.